The summed E-state index contributed by atoms with van der Waals surface area (Å²) >= 11 is 6.00. The number of aromatic nitrogens is 4. The van der Waals surface area contributed by atoms with Crippen molar-refractivity contribution >= 4 is 23.4 Å². The van der Waals surface area contributed by atoms with Crippen molar-refractivity contribution in [2.75, 3.05) is 0 Å². The molecular formula is C12H15ClN6O2. The third-order valence-corrected chi connectivity index (χ3v) is 3.50. The van der Waals surface area contributed by atoms with Gasteiger partial charge in [-0.1, -0.05) is 11.6 Å². The summed E-state index contributed by atoms with van der Waals surface area (Å²) in [5.41, 5.74) is 6.32. The number of hydrazine groups is 1. The van der Waals surface area contributed by atoms with Gasteiger partial charge in [0.1, 0.15) is 12.2 Å². The fourth-order valence-electron chi connectivity index (χ4n) is 1.79. The SMILES string of the molecule is Cc1nn(CC(=O)NNC(=O)c2ccnn2C)c(C)c1Cl. The molecule has 21 heavy (non-hydrogen) atoms. The van der Waals surface area contributed by atoms with Crippen LogP contribution >= 0.6 is 11.6 Å². The van der Waals surface area contributed by atoms with Crippen LogP contribution in [-0.2, 0) is 18.4 Å². The zero-order valence-corrected chi connectivity index (χ0v) is 12.6. The fraction of sp³-hybridized carbons (Fsp3) is 0.333. The molecule has 0 aromatic carbocycles. The molecular weight excluding hydrogens is 296 g/mol. The number of rotatable bonds is 3. The zero-order valence-electron chi connectivity index (χ0n) is 11.8. The van der Waals surface area contributed by atoms with Crippen LogP contribution in [-0.4, -0.2) is 31.4 Å². The van der Waals surface area contributed by atoms with E-state index >= 15 is 0 Å². The first-order valence-corrected chi connectivity index (χ1v) is 6.54. The summed E-state index contributed by atoms with van der Waals surface area (Å²) in [5.74, 6) is -0.859. The monoisotopic (exact) mass is 310 g/mol. The Hall–Kier alpha value is -2.35. The molecule has 0 bridgehead atoms. The van der Waals surface area contributed by atoms with Crippen molar-refractivity contribution in [2.45, 2.75) is 20.4 Å². The first-order valence-electron chi connectivity index (χ1n) is 6.17. The highest BCUT2D eigenvalue weighted by atomic mass is 35.5. The van der Waals surface area contributed by atoms with Gasteiger partial charge in [-0.15, -0.1) is 0 Å². The number of hydrogen-bond acceptors (Lipinski definition) is 4. The van der Waals surface area contributed by atoms with Gasteiger partial charge in [-0.2, -0.15) is 10.2 Å². The number of halogens is 1. The Morgan fingerprint density at radius 3 is 2.57 bits per heavy atom. The van der Waals surface area contributed by atoms with Crippen molar-refractivity contribution in [3.63, 3.8) is 0 Å². The van der Waals surface area contributed by atoms with E-state index in [4.69, 9.17) is 11.6 Å². The van der Waals surface area contributed by atoms with E-state index in [9.17, 15) is 9.59 Å². The number of nitrogens with zero attached hydrogens (tertiary/aromatic N) is 4. The summed E-state index contributed by atoms with van der Waals surface area (Å²) in [6.07, 6.45) is 1.49. The Morgan fingerprint density at radius 1 is 1.33 bits per heavy atom. The third-order valence-electron chi connectivity index (χ3n) is 2.96. The maximum Gasteiger partial charge on any atom is 0.287 e. The molecule has 0 spiro atoms. The lowest BCUT2D eigenvalue weighted by molar-refractivity contribution is -0.122. The molecule has 0 aliphatic carbocycles. The average Bonchev–Trinajstić information content (AvgIpc) is 2.96. The van der Waals surface area contributed by atoms with Gasteiger partial charge in [0.15, 0.2) is 0 Å². The first kappa shape index (κ1) is 15.0. The van der Waals surface area contributed by atoms with Crippen LogP contribution < -0.4 is 10.9 Å². The Labute approximate surface area is 126 Å². The maximum absolute atomic E-state index is 11.8. The molecule has 0 radical (unpaired) electrons. The molecule has 0 fully saturated rings. The van der Waals surface area contributed by atoms with E-state index in [-0.39, 0.29) is 6.54 Å². The molecule has 0 saturated heterocycles. The van der Waals surface area contributed by atoms with Gasteiger partial charge < -0.3 is 0 Å². The highest BCUT2D eigenvalue weighted by Gasteiger charge is 2.14. The minimum atomic E-state index is -0.449. The minimum absolute atomic E-state index is 0.0366. The predicted octanol–water partition coefficient (Wildman–Crippen LogP) is 0.348. The summed E-state index contributed by atoms with van der Waals surface area (Å²) in [6.45, 7) is 3.49. The Kier molecular flexibility index (Phi) is 4.27. The lowest BCUT2D eigenvalue weighted by atomic mass is 10.4. The van der Waals surface area contributed by atoms with Crippen LogP contribution in [0.25, 0.3) is 0 Å². The highest BCUT2D eigenvalue weighted by molar-refractivity contribution is 6.31. The van der Waals surface area contributed by atoms with Gasteiger partial charge >= 0.3 is 0 Å². The number of amides is 2. The highest BCUT2D eigenvalue weighted by Crippen LogP contribution is 2.18. The quantitative estimate of drug-likeness (QED) is 0.800. The van der Waals surface area contributed by atoms with Gasteiger partial charge in [-0.05, 0) is 19.9 Å². The maximum atomic E-state index is 11.8. The van der Waals surface area contributed by atoms with Gasteiger partial charge in [-0.25, -0.2) is 0 Å². The number of aryl methyl sites for hydroxylation is 2. The summed E-state index contributed by atoms with van der Waals surface area (Å²) in [6, 6.07) is 1.54. The smallest absolute Gasteiger partial charge is 0.271 e. The van der Waals surface area contributed by atoms with Crippen molar-refractivity contribution in [1.29, 1.82) is 0 Å². The molecule has 0 aliphatic heterocycles. The second-order valence-electron chi connectivity index (χ2n) is 4.48. The molecule has 9 heteroatoms. The van der Waals surface area contributed by atoms with Crippen LogP contribution in [0.4, 0.5) is 0 Å². The predicted molar refractivity (Wildman–Crippen MR) is 75.5 cm³/mol. The number of carbonyl (C=O) groups excluding carboxylic acids is 2. The number of nitrogens with one attached hydrogen (secondary N) is 2. The molecule has 0 saturated carbocycles. The molecule has 2 rings (SSSR count). The largest absolute Gasteiger partial charge is 0.287 e. The van der Waals surface area contributed by atoms with Crippen LogP contribution in [0.1, 0.15) is 21.9 Å². The van der Waals surface area contributed by atoms with E-state index in [0.717, 1.165) is 0 Å². The fourth-order valence-corrected chi connectivity index (χ4v) is 1.93. The minimum Gasteiger partial charge on any atom is -0.271 e. The number of hydrogen-bond donors (Lipinski definition) is 2. The van der Waals surface area contributed by atoms with Gasteiger partial charge in [0.05, 0.1) is 16.4 Å². The van der Waals surface area contributed by atoms with E-state index in [1.807, 2.05) is 0 Å². The van der Waals surface area contributed by atoms with Crippen molar-refractivity contribution < 1.29 is 9.59 Å². The lowest BCUT2D eigenvalue weighted by Gasteiger charge is -2.08. The van der Waals surface area contributed by atoms with Gasteiger partial charge in [0, 0.05) is 13.2 Å². The van der Waals surface area contributed by atoms with Gasteiger partial charge in [0.25, 0.3) is 11.8 Å². The van der Waals surface area contributed by atoms with Crippen molar-refractivity contribution in [2.24, 2.45) is 7.05 Å². The standard InChI is InChI=1S/C12H15ClN6O2/c1-7-11(13)8(2)19(17-7)6-10(20)15-16-12(21)9-4-5-14-18(9)3/h4-5H,6H2,1-3H3,(H,15,20)(H,16,21). The summed E-state index contributed by atoms with van der Waals surface area (Å²) in [7, 11) is 1.63. The first-order chi connectivity index (χ1) is 9.90. The van der Waals surface area contributed by atoms with E-state index in [0.29, 0.717) is 22.1 Å². The van der Waals surface area contributed by atoms with Crippen LogP contribution in [0.15, 0.2) is 12.3 Å². The third kappa shape index (κ3) is 3.22. The molecule has 2 N–H and O–H groups in total. The van der Waals surface area contributed by atoms with E-state index in [2.05, 4.69) is 21.0 Å². The van der Waals surface area contributed by atoms with Crippen LogP contribution in [0.2, 0.25) is 5.02 Å². The van der Waals surface area contributed by atoms with E-state index in [1.54, 1.807) is 27.0 Å². The molecule has 0 aliphatic rings. The second kappa shape index (κ2) is 5.96. The van der Waals surface area contributed by atoms with Crippen LogP contribution in [0.5, 0.6) is 0 Å². The lowest BCUT2D eigenvalue weighted by Crippen LogP contribution is -2.43. The topological polar surface area (TPSA) is 93.8 Å². The number of carbonyl (C=O) groups is 2. The Balaban J connectivity index is 1.92. The molecule has 2 heterocycles. The van der Waals surface area contributed by atoms with Crippen molar-refractivity contribution in [1.82, 2.24) is 30.4 Å². The van der Waals surface area contributed by atoms with Crippen LogP contribution in [0, 0.1) is 13.8 Å². The molecule has 112 valence electrons. The normalized spacial score (nSPS) is 10.5. The molecule has 2 aromatic rings. The molecule has 8 nitrogen and oxygen atoms in total. The molecule has 0 unspecified atom stereocenters. The summed E-state index contributed by atoms with van der Waals surface area (Å²) in [5, 5.41) is 8.54. The van der Waals surface area contributed by atoms with Gasteiger partial charge in [-0.3, -0.25) is 29.8 Å². The zero-order chi connectivity index (χ0) is 15.6. The Bertz CT molecular complexity index is 690. The molecule has 2 amide bonds. The molecule has 0 atom stereocenters. The summed E-state index contributed by atoms with van der Waals surface area (Å²) < 4.78 is 2.88. The molecule has 2 aromatic heterocycles. The van der Waals surface area contributed by atoms with Crippen molar-refractivity contribution in [3.8, 4) is 0 Å². The van der Waals surface area contributed by atoms with E-state index < -0.39 is 11.8 Å². The van der Waals surface area contributed by atoms with Crippen LogP contribution in [0.3, 0.4) is 0 Å². The summed E-state index contributed by atoms with van der Waals surface area (Å²) in [4.78, 5) is 23.6. The van der Waals surface area contributed by atoms with E-state index in [1.165, 1.54) is 15.6 Å². The van der Waals surface area contributed by atoms with Crippen molar-refractivity contribution in [3.05, 3.63) is 34.4 Å². The second-order valence-corrected chi connectivity index (χ2v) is 4.86. The Morgan fingerprint density at radius 2 is 2.05 bits per heavy atom. The van der Waals surface area contributed by atoms with Gasteiger partial charge in [0.2, 0.25) is 0 Å². The average molecular weight is 311 g/mol.